The first kappa shape index (κ1) is 22.5. The molecule has 0 aromatic heterocycles. The van der Waals surface area contributed by atoms with Crippen LogP contribution in [-0.4, -0.2) is 38.4 Å². The third kappa shape index (κ3) is 5.29. The van der Waals surface area contributed by atoms with Gasteiger partial charge < -0.3 is 4.90 Å². The van der Waals surface area contributed by atoms with Crippen molar-refractivity contribution in [3.05, 3.63) is 65.2 Å². The van der Waals surface area contributed by atoms with Gasteiger partial charge in [-0.3, -0.25) is 4.79 Å². The van der Waals surface area contributed by atoms with Gasteiger partial charge in [0.1, 0.15) is 0 Å². The van der Waals surface area contributed by atoms with Gasteiger partial charge in [-0.1, -0.05) is 52.0 Å². The number of benzene rings is 2. The molecule has 0 radical (unpaired) electrons. The minimum atomic E-state index is -3.55. The standard InChI is InChI=1S/C24H32N2O3S/c1-5-18-6-12-22(13-7-18)30(28,29)25-21-14-16-26(17-15-21)23(27)19-8-10-20(11-9-19)24(2,3)4/h6-13,21,25H,5,14-17H2,1-4H3. The molecule has 2 aromatic rings. The van der Waals surface area contributed by atoms with Crippen LogP contribution in [0, 0.1) is 0 Å². The predicted octanol–water partition coefficient (Wildman–Crippen LogP) is 4.13. The second kappa shape index (κ2) is 8.90. The van der Waals surface area contributed by atoms with Crippen LogP contribution in [0.2, 0.25) is 0 Å². The second-order valence-electron chi connectivity index (χ2n) is 9.01. The van der Waals surface area contributed by atoms with Crippen LogP contribution in [0.25, 0.3) is 0 Å². The van der Waals surface area contributed by atoms with Crippen molar-refractivity contribution in [3.63, 3.8) is 0 Å². The van der Waals surface area contributed by atoms with Crippen LogP contribution < -0.4 is 4.72 Å². The number of nitrogens with zero attached hydrogens (tertiary/aromatic N) is 1. The van der Waals surface area contributed by atoms with E-state index in [1.54, 1.807) is 12.1 Å². The fourth-order valence-electron chi connectivity index (χ4n) is 3.69. The summed E-state index contributed by atoms with van der Waals surface area (Å²) in [4.78, 5) is 14.9. The minimum Gasteiger partial charge on any atom is -0.339 e. The summed E-state index contributed by atoms with van der Waals surface area (Å²) in [5.41, 5.74) is 3.03. The third-order valence-electron chi connectivity index (χ3n) is 5.74. The van der Waals surface area contributed by atoms with Crippen LogP contribution in [0.5, 0.6) is 0 Å². The van der Waals surface area contributed by atoms with E-state index in [-0.39, 0.29) is 22.3 Å². The van der Waals surface area contributed by atoms with E-state index in [2.05, 4.69) is 25.5 Å². The molecule has 0 bridgehead atoms. The van der Waals surface area contributed by atoms with Crippen LogP contribution in [0.3, 0.4) is 0 Å². The van der Waals surface area contributed by atoms with Gasteiger partial charge in [0.05, 0.1) is 4.90 Å². The highest BCUT2D eigenvalue weighted by molar-refractivity contribution is 7.89. The second-order valence-corrected chi connectivity index (χ2v) is 10.7. The van der Waals surface area contributed by atoms with E-state index in [0.29, 0.717) is 31.5 Å². The number of piperidine rings is 1. The molecule has 30 heavy (non-hydrogen) atoms. The number of hydrogen-bond donors (Lipinski definition) is 1. The number of carbonyl (C=O) groups is 1. The van der Waals surface area contributed by atoms with Gasteiger partial charge in [-0.15, -0.1) is 0 Å². The van der Waals surface area contributed by atoms with Gasteiger partial charge in [0.25, 0.3) is 5.91 Å². The summed E-state index contributed by atoms with van der Waals surface area (Å²) in [6.07, 6.45) is 2.09. The number of likely N-dealkylation sites (tertiary alicyclic amines) is 1. The zero-order chi connectivity index (χ0) is 21.9. The Labute approximate surface area is 180 Å². The van der Waals surface area contributed by atoms with Crippen molar-refractivity contribution in [2.45, 2.75) is 63.3 Å². The Morgan fingerprint density at radius 2 is 1.57 bits per heavy atom. The average Bonchev–Trinajstić information content (AvgIpc) is 2.73. The first-order valence-electron chi connectivity index (χ1n) is 10.6. The van der Waals surface area contributed by atoms with E-state index in [4.69, 9.17) is 0 Å². The largest absolute Gasteiger partial charge is 0.339 e. The molecule has 162 valence electrons. The quantitative estimate of drug-likeness (QED) is 0.779. The molecule has 0 atom stereocenters. The molecule has 1 saturated heterocycles. The lowest BCUT2D eigenvalue weighted by Gasteiger charge is -2.32. The van der Waals surface area contributed by atoms with E-state index in [1.807, 2.05) is 48.2 Å². The van der Waals surface area contributed by atoms with E-state index in [9.17, 15) is 13.2 Å². The molecule has 5 nitrogen and oxygen atoms in total. The Kier molecular flexibility index (Phi) is 6.68. The molecule has 1 aliphatic heterocycles. The SMILES string of the molecule is CCc1ccc(S(=O)(=O)NC2CCN(C(=O)c3ccc(C(C)(C)C)cc3)CC2)cc1. The summed E-state index contributed by atoms with van der Waals surface area (Å²) in [5.74, 6) is 0.00641. The van der Waals surface area contributed by atoms with Crippen molar-refractivity contribution in [1.29, 1.82) is 0 Å². The van der Waals surface area contributed by atoms with E-state index < -0.39 is 10.0 Å². The number of aryl methyl sites for hydroxylation is 1. The van der Waals surface area contributed by atoms with E-state index in [1.165, 1.54) is 5.56 Å². The average molecular weight is 429 g/mol. The van der Waals surface area contributed by atoms with Crippen LogP contribution >= 0.6 is 0 Å². The summed E-state index contributed by atoms with van der Waals surface area (Å²) in [6, 6.07) is 14.6. The van der Waals surface area contributed by atoms with Crippen molar-refractivity contribution >= 4 is 15.9 Å². The maximum Gasteiger partial charge on any atom is 0.253 e. The molecule has 1 aliphatic rings. The number of hydrogen-bond acceptors (Lipinski definition) is 3. The number of nitrogens with one attached hydrogen (secondary N) is 1. The molecule has 0 aliphatic carbocycles. The maximum absolute atomic E-state index is 12.8. The zero-order valence-electron chi connectivity index (χ0n) is 18.3. The van der Waals surface area contributed by atoms with Gasteiger partial charge >= 0.3 is 0 Å². The van der Waals surface area contributed by atoms with Crippen molar-refractivity contribution in [2.24, 2.45) is 0 Å². The summed E-state index contributed by atoms with van der Waals surface area (Å²) < 4.78 is 28.1. The van der Waals surface area contributed by atoms with Crippen LogP contribution in [0.4, 0.5) is 0 Å². The first-order valence-corrected chi connectivity index (χ1v) is 12.1. The van der Waals surface area contributed by atoms with Gasteiger partial charge in [0.2, 0.25) is 10.0 Å². The molecule has 6 heteroatoms. The Bertz CT molecular complexity index is 967. The fourth-order valence-corrected chi connectivity index (χ4v) is 4.99. The Morgan fingerprint density at radius 3 is 2.07 bits per heavy atom. The molecule has 1 amide bonds. The Balaban J connectivity index is 1.58. The molecule has 1 heterocycles. The molecular weight excluding hydrogens is 396 g/mol. The van der Waals surface area contributed by atoms with Gasteiger partial charge in [-0.2, -0.15) is 0 Å². The minimum absolute atomic E-state index is 0.00641. The number of amides is 1. The van der Waals surface area contributed by atoms with E-state index in [0.717, 1.165) is 12.0 Å². The summed E-state index contributed by atoms with van der Waals surface area (Å²) in [7, 11) is -3.55. The van der Waals surface area contributed by atoms with Crippen molar-refractivity contribution in [1.82, 2.24) is 9.62 Å². The molecule has 1 N–H and O–H groups in total. The van der Waals surface area contributed by atoms with Crippen molar-refractivity contribution in [2.75, 3.05) is 13.1 Å². The van der Waals surface area contributed by atoms with E-state index >= 15 is 0 Å². The summed E-state index contributed by atoms with van der Waals surface area (Å²) in [5, 5.41) is 0. The number of rotatable bonds is 5. The molecule has 2 aromatic carbocycles. The molecule has 1 fully saturated rings. The van der Waals surface area contributed by atoms with Gasteiger partial charge in [-0.25, -0.2) is 13.1 Å². The van der Waals surface area contributed by atoms with Crippen LogP contribution in [0.15, 0.2) is 53.4 Å². The fraction of sp³-hybridized carbons (Fsp3) is 0.458. The third-order valence-corrected chi connectivity index (χ3v) is 7.28. The van der Waals surface area contributed by atoms with Gasteiger partial charge in [0, 0.05) is 24.7 Å². The lowest BCUT2D eigenvalue weighted by atomic mass is 9.86. The van der Waals surface area contributed by atoms with Gasteiger partial charge in [0.15, 0.2) is 0 Å². The normalized spacial score (nSPS) is 15.9. The number of sulfonamides is 1. The molecular formula is C24H32N2O3S. The summed E-state index contributed by atoms with van der Waals surface area (Å²) in [6.45, 7) is 9.56. The van der Waals surface area contributed by atoms with Gasteiger partial charge in [-0.05, 0) is 60.1 Å². The van der Waals surface area contributed by atoms with Crippen molar-refractivity contribution < 1.29 is 13.2 Å². The monoisotopic (exact) mass is 428 g/mol. The Hall–Kier alpha value is -2.18. The smallest absolute Gasteiger partial charge is 0.253 e. The van der Waals surface area contributed by atoms with Crippen LogP contribution in [0.1, 0.15) is 62.0 Å². The predicted molar refractivity (Wildman–Crippen MR) is 120 cm³/mol. The highest BCUT2D eigenvalue weighted by Gasteiger charge is 2.27. The molecule has 0 saturated carbocycles. The summed E-state index contributed by atoms with van der Waals surface area (Å²) >= 11 is 0. The topological polar surface area (TPSA) is 66.5 Å². The molecule has 3 rings (SSSR count). The first-order chi connectivity index (χ1) is 14.1. The molecule has 0 spiro atoms. The number of carbonyl (C=O) groups excluding carboxylic acids is 1. The van der Waals surface area contributed by atoms with Crippen LogP contribution in [-0.2, 0) is 21.9 Å². The highest BCUT2D eigenvalue weighted by Crippen LogP contribution is 2.23. The maximum atomic E-state index is 12.8. The highest BCUT2D eigenvalue weighted by atomic mass is 32.2. The molecule has 0 unspecified atom stereocenters. The Morgan fingerprint density at radius 1 is 1.00 bits per heavy atom. The zero-order valence-corrected chi connectivity index (χ0v) is 19.1. The lowest BCUT2D eigenvalue weighted by molar-refractivity contribution is 0.0711. The lowest BCUT2D eigenvalue weighted by Crippen LogP contribution is -2.46. The van der Waals surface area contributed by atoms with Crippen molar-refractivity contribution in [3.8, 4) is 0 Å².